The number of hydrogen-bond acceptors (Lipinski definition) is 3. The monoisotopic (exact) mass is 278 g/mol. The van der Waals surface area contributed by atoms with Crippen molar-refractivity contribution in [2.75, 3.05) is 12.4 Å². The first-order chi connectivity index (χ1) is 8.86. The molecule has 4 heteroatoms. The number of hydrogen-bond donors (Lipinski definition) is 2. The van der Waals surface area contributed by atoms with E-state index < -0.39 is 0 Å². The molecule has 0 spiro atoms. The lowest BCUT2D eigenvalue weighted by molar-refractivity contribution is -0.0794. The van der Waals surface area contributed by atoms with Gasteiger partial charge in [0.15, 0.2) is 0 Å². The minimum absolute atomic E-state index is 0.157. The fourth-order valence-electron chi connectivity index (χ4n) is 2.76. The quantitative estimate of drug-likeness (QED) is 0.831. The summed E-state index contributed by atoms with van der Waals surface area (Å²) in [4.78, 5) is 0.451. The van der Waals surface area contributed by atoms with E-state index in [1.54, 1.807) is 7.11 Å². The topological polar surface area (TPSA) is 47.3 Å². The molecular weight excluding hydrogens is 256 g/mol. The van der Waals surface area contributed by atoms with Crippen LogP contribution >= 0.6 is 12.2 Å². The van der Waals surface area contributed by atoms with E-state index >= 15 is 0 Å². The van der Waals surface area contributed by atoms with Crippen molar-refractivity contribution in [2.24, 2.45) is 11.1 Å². The van der Waals surface area contributed by atoms with Gasteiger partial charge in [-0.05, 0) is 37.1 Å². The second kappa shape index (κ2) is 5.10. The number of rotatable bonds is 4. The van der Waals surface area contributed by atoms with Gasteiger partial charge in [0.2, 0.25) is 0 Å². The molecule has 0 heterocycles. The molecule has 3 N–H and O–H groups in total. The third-order valence-corrected chi connectivity index (χ3v) is 4.51. The maximum Gasteiger partial charge on any atom is 0.104 e. The van der Waals surface area contributed by atoms with Crippen LogP contribution in [0.25, 0.3) is 0 Å². The Morgan fingerprint density at radius 3 is 2.63 bits per heavy atom. The van der Waals surface area contributed by atoms with E-state index in [9.17, 15) is 0 Å². The Bertz CT molecular complexity index is 499. The van der Waals surface area contributed by atoms with Crippen molar-refractivity contribution in [1.82, 2.24) is 0 Å². The number of methoxy groups -OCH3 is 1. The molecule has 0 saturated heterocycles. The summed E-state index contributed by atoms with van der Waals surface area (Å²) in [5.74, 6) is 0. The van der Waals surface area contributed by atoms with Gasteiger partial charge < -0.3 is 15.8 Å². The van der Waals surface area contributed by atoms with E-state index in [0.717, 1.165) is 23.2 Å². The summed E-state index contributed by atoms with van der Waals surface area (Å²) >= 11 is 5.02. The lowest BCUT2D eigenvalue weighted by Gasteiger charge is -2.51. The van der Waals surface area contributed by atoms with Crippen LogP contribution < -0.4 is 11.1 Å². The molecule has 0 amide bonds. The number of ether oxygens (including phenoxy) is 1. The largest absolute Gasteiger partial charge is 0.389 e. The van der Waals surface area contributed by atoms with Crippen molar-refractivity contribution in [1.29, 1.82) is 0 Å². The Kier molecular flexibility index (Phi) is 3.83. The third-order valence-electron chi connectivity index (χ3n) is 4.30. The number of nitrogens with one attached hydrogen (secondary N) is 1. The number of thiocarbonyl (C=S) groups is 1. The predicted molar refractivity (Wildman–Crippen MR) is 83.7 cm³/mol. The Labute approximate surface area is 120 Å². The normalized spacial score (nSPS) is 24.6. The van der Waals surface area contributed by atoms with Crippen LogP contribution in [0.1, 0.15) is 31.4 Å². The zero-order valence-corrected chi connectivity index (χ0v) is 12.8. The zero-order valence-electron chi connectivity index (χ0n) is 12.0. The highest BCUT2D eigenvalue weighted by Crippen LogP contribution is 2.44. The molecule has 0 radical (unpaired) electrons. The van der Waals surface area contributed by atoms with Crippen LogP contribution in [0.3, 0.4) is 0 Å². The Morgan fingerprint density at radius 1 is 1.47 bits per heavy atom. The van der Waals surface area contributed by atoms with Crippen LogP contribution in [0.4, 0.5) is 5.69 Å². The molecule has 19 heavy (non-hydrogen) atoms. The third kappa shape index (κ3) is 2.60. The number of nitrogens with two attached hydrogens (primary N) is 1. The Hall–Kier alpha value is -1.13. The average molecular weight is 278 g/mol. The van der Waals surface area contributed by atoms with E-state index in [2.05, 4.69) is 25.2 Å². The summed E-state index contributed by atoms with van der Waals surface area (Å²) in [7, 11) is 1.78. The predicted octanol–water partition coefficient (Wildman–Crippen LogP) is 2.85. The average Bonchev–Trinajstić information content (AvgIpc) is 2.33. The fourth-order valence-corrected chi connectivity index (χ4v) is 2.99. The minimum atomic E-state index is 0.157. The maximum atomic E-state index is 5.68. The summed E-state index contributed by atoms with van der Waals surface area (Å²) in [6, 6.07) is 6.56. The molecule has 1 fully saturated rings. The van der Waals surface area contributed by atoms with Crippen LogP contribution in [0, 0.1) is 12.3 Å². The highest BCUT2D eigenvalue weighted by molar-refractivity contribution is 7.80. The van der Waals surface area contributed by atoms with Crippen LogP contribution in [-0.2, 0) is 4.74 Å². The summed E-state index contributed by atoms with van der Waals surface area (Å²) in [5.41, 5.74) is 9.01. The van der Waals surface area contributed by atoms with Crippen molar-refractivity contribution in [3.05, 3.63) is 29.3 Å². The summed E-state index contributed by atoms with van der Waals surface area (Å²) in [6.07, 6.45) is 1.38. The molecule has 1 aromatic rings. The minimum Gasteiger partial charge on any atom is -0.389 e. The standard InChI is InChI=1S/C15H22N2OS/c1-9-7-10(5-6-11(9)14(16)19)17-12-8-13(18-4)15(12,2)3/h5-7,12-13,17H,8H2,1-4H3,(H2,16,19). The molecule has 0 aliphatic heterocycles. The van der Waals surface area contributed by atoms with E-state index in [1.807, 2.05) is 19.1 Å². The molecule has 1 saturated carbocycles. The first kappa shape index (κ1) is 14.3. The van der Waals surface area contributed by atoms with Gasteiger partial charge in [-0.2, -0.15) is 0 Å². The number of benzene rings is 1. The highest BCUT2D eigenvalue weighted by atomic mass is 32.1. The molecule has 104 valence electrons. The molecule has 2 atom stereocenters. The van der Waals surface area contributed by atoms with Crippen molar-refractivity contribution in [3.8, 4) is 0 Å². The SMILES string of the molecule is COC1CC(Nc2ccc(C(N)=S)c(C)c2)C1(C)C. The molecule has 3 nitrogen and oxygen atoms in total. The maximum absolute atomic E-state index is 5.68. The van der Waals surface area contributed by atoms with Crippen molar-refractivity contribution in [2.45, 2.75) is 39.3 Å². The van der Waals surface area contributed by atoms with Gasteiger partial charge in [0, 0.05) is 29.8 Å². The zero-order chi connectivity index (χ0) is 14.2. The summed E-state index contributed by atoms with van der Waals surface area (Å²) in [6.45, 7) is 6.50. The Balaban J connectivity index is 2.09. The number of aryl methyl sites for hydroxylation is 1. The van der Waals surface area contributed by atoms with Gasteiger partial charge in [0.05, 0.1) is 6.10 Å². The van der Waals surface area contributed by atoms with Crippen molar-refractivity contribution in [3.63, 3.8) is 0 Å². The first-order valence-corrected chi connectivity index (χ1v) is 6.97. The molecule has 0 bridgehead atoms. The fraction of sp³-hybridized carbons (Fsp3) is 0.533. The van der Waals surface area contributed by atoms with Gasteiger partial charge in [0.1, 0.15) is 4.99 Å². The van der Waals surface area contributed by atoms with E-state index in [4.69, 9.17) is 22.7 Å². The molecule has 2 unspecified atom stereocenters. The van der Waals surface area contributed by atoms with Crippen LogP contribution in [0.2, 0.25) is 0 Å². The van der Waals surface area contributed by atoms with E-state index in [0.29, 0.717) is 17.1 Å². The number of anilines is 1. The smallest absolute Gasteiger partial charge is 0.104 e. The summed E-state index contributed by atoms with van der Waals surface area (Å²) < 4.78 is 5.47. The first-order valence-electron chi connectivity index (χ1n) is 6.56. The van der Waals surface area contributed by atoms with Crippen molar-refractivity contribution >= 4 is 22.9 Å². The second-order valence-corrected chi connectivity index (χ2v) is 6.31. The van der Waals surface area contributed by atoms with Gasteiger partial charge in [-0.3, -0.25) is 0 Å². The summed E-state index contributed by atoms with van der Waals surface area (Å²) in [5, 5.41) is 3.58. The van der Waals surface area contributed by atoms with Crippen LogP contribution in [0.15, 0.2) is 18.2 Å². The van der Waals surface area contributed by atoms with Gasteiger partial charge in [0.25, 0.3) is 0 Å². The van der Waals surface area contributed by atoms with Gasteiger partial charge >= 0.3 is 0 Å². The lowest BCUT2D eigenvalue weighted by atomic mass is 9.64. The molecule has 1 aliphatic carbocycles. The van der Waals surface area contributed by atoms with Crippen LogP contribution in [0.5, 0.6) is 0 Å². The molecule has 1 aliphatic rings. The Morgan fingerprint density at radius 2 is 2.16 bits per heavy atom. The highest BCUT2D eigenvalue weighted by Gasteiger charge is 2.48. The molecule has 2 rings (SSSR count). The lowest BCUT2D eigenvalue weighted by Crippen LogP contribution is -2.57. The van der Waals surface area contributed by atoms with E-state index in [-0.39, 0.29) is 5.41 Å². The van der Waals surface area contributed by atoms with Crippen LogP contribution in [-0.4, -0.2) is 24.2 Å². The van der Waals surface area contributed by atoms with Gasteiger partial charge in [-0.25, -0.2) is 0 Å². The van der Waals surface area contributed by atoms with Gasteiger partial charge in [-0.1, -0.05) is 26.1 Å². The van der Waals surface area contributed by atoms with Crippen molar-refractivity contribution < 1.29 is 4.74 Å². The van der Waals surface area contributed by atoms with E-state index in [1.165, 1.54) is 0 Å². The molecular formula is C15H22N2OS. The molecule has 0 aromatic heterocycles. The molecule has 1 aromatic carbocycles. The van der Waals surface area contributed by atoms with Gasteiger partial charge in [-0.15, -0.1) is 0 Å². The second-order valence-electron chi connectivity index (χ2n) is 5.87.